The van der Waals surface area contributed by atoms with Crippen molar-refractivity contribution in [3.05, 3.63) is 46.8 Å². The Morgan fingerprint density at radius 2 is 1.93 bits per heavy atom. The van der Waals surface area contributed by atoms with E-state index in [0.717, 1.165) is 48.5 Å². The van der Waals surface area contributed by atoms with E-state index in [9.17, 15) is 9.59 Å². The summed E-state index contributed by atoms with van der Waals surface area (Å²) in [7, 11) is 3.49. The summed E-state index contributed by atoms with van der Waals surface area (Å²) >= 11 is 0. The highest BCUT2D eigenvalue weighted by Gasteiger charge is 2.33. The molecule has 28 heavy (non-hydrogen) atoms. The number of benzene rings is 1. The van der Waals surface area contributed by atoms with Gasteiger partial charge in [-0.2, -0.15) is 5.10 Å². The first kappa shape index (κ1) is 18.5. The van der Waals surface area contributed by atoms with Crippen molar-refractivity contribution < 1.29 is 14.3 Å². The van der Waals surface area contributed by atoms with E-state index in [1.165, 1.54) is 0 Å². The molecule has 2 aliphatic heterocycles. The first-order valence-corrected chi connectivity index (χ1v) is 9.81. The number of amides is 2. The molecule has 2 aliphatic rings. The van der Waals surface area contributed by atoms with Crippen LogP contribution in [0, 0.1) is 0 Å². The lowest BCUT2D eigenvalue weighted by Crippen LogP contribution is -2.30. The molecule has 0 N–H and O–H groups in total. The molecule has 7 nitrogen and oxygen atoms in total. The van der Waals surface area contributed by atoms with Crippen LogP contribution in [-0.2, 0) is 31.4 Å². The van der Waals surface area contributed by atoms with Crippen LogP contribution < -0.4 is 4.74 Å². The Morgan fingerprint density at radius 3 is 2.68 bits per heavy atom. The molecule has 0 saturated carbocycles. The summed E-state index contributed by atoms with van der Waals surface area (Å²) in [6, 6.07) is 7.80. The van der Waals surface area contributed by atoms with Gasteiger partial charge in [-0.15, -0.1) is 0 Å². The minimum Gasteiger partial charge on any atom is -0.497 e. The van der Waals surface area contributed by atoms with Gasteiger partial charge < -0.3 is 14.5 Å². The molecule has 2 amide bonds. The average molecular weight is 382 g/mol. The minimum absolute atomic E-state index is 0.0000274. The van der Waals surface area contributed by atoms with Gasteiger partial charge >= 0.3 is 0 Å². The number of carbonyl (C=O) groups is 2. The van der Waals surface area contributed by atoms with Crippen LogP contribution >= 0.6 is 0 Å². The molecule has 1 aromatic carbocycles. The number of methoxy groups -OCH3 is 1. The van der Waals surface area contributed by atoms with Gasteiger partial charge in [0.25, 0.3) is 5.91 Å². The average Bonchev–Trinajstić information content (AvgIpc) is 3.44. The Kier molecular flexibility index (Phi) is 5.07. The summed E-state index contributed by atoms with van der Waals surface area (Å²) in [5.74, 6) is 0.897. The van der Waals surface area contributed by atoms with Crippen molar-refractivity contribution in [3.8, 4) is 5.75 Å². The number of hydrogen-bond acceptors (Lipinski definition) is 4. The SMILES string of the molecule is COc1cccc(CCC(=O)N2Cc3c(C(=O)N4CCCC4)nn(C)c3C2)c1. The monoisotopic (exact) mass is 382 g/mol. The highest BCUT2D eigenvalue weighted by atomic mass is 16.5. The van der Waals surface area contributed by atoms with Crippen LogP contribution in [0.2, 0.25) is 0 Å². The smallest absolute Gasteiger partial charge is 0.274 e. The fraction of sp³-hybridized carbons (Fsp3) is 0.476. The van der Waals surface area contributed by atoms with Gasteiger partial charge in [0.05, 0.1) is 25.9 Å². The third-order valence-corrected chi connectivity index (χ3v) is 5.67. The maximum atomic E-state index is 12.8. The molecule has 1 saturated heterocycles. The zero-order valence-electron chi connectivity index (χ0n) is 16.5. The molecular weight excluding hydrogens is 356 g/mol. The van der Waals surface area contributed by atoms with Crippen LogP contribution in [0.1, 0.15) is 46.6 Å². The fourth-order valence-electron chi connectivity index (χ4n) is 4.05. The topological polar surface area (TPSA) is 67.7 Å². The number of nitrogens with zero attached hydrogens (tertiary/aromatic N) is 4. The van der Waals surface area contributed by atoms with Crippen molar-refractivity contribution in [2.24, 2.45) is 7.05 Å². The molecule has 0 spiro atoms. The van der Waals surface area contributed by atoms with Crippen LogP contribution in [0.3, 0.4) is 0 Å². The highest BCUT2D eigenvalue weighted by Crippen LogP contribution is 2.28. The van der Waals surface area contributed by atoms with E-state index >= 15 is 0 Å². The summed E-state index contributed by atoms with van der Waals surface area (Å²) in [6.07, 6.45) is 3.20. The zero-order chi connectivity index (χ0) is 19.7. The minimum atomic E-state index is 0.0000274. The van der Waals surface area contributed by atoms with Crippen molar-refractivity contribution in [1.29, 1.82) is 0 Å². The van der Waals surface area contributed by atoms with Crippen molar-refractivity contribution >= 4 is 11.8 Å². The van der Waals surface area contributed by atoms with Crippen molar-refractivity contribution in [3.63, 3.8) is 0 Å². The van der Waals surface area contributed by atoms with E-state index in [4.69, 9.17) is 4.74 Å². The lowest BCUT2D eigenvalue weighted by molar-refractivity contribution is -0.131. The van der Waals surface area contributed by atoms with E-state index in [1.807, 2.05) is 41.1 Å². The van der Waals surface area contributed by atoms with Crippen molar-refractivity contribution in [1.82, 2.24) is 19.6 Å². The standard InChI is InChI=1S/C21H26N4O3/c1-23-18-14-25(19(26)9-8-15-6-5-7-16(12-15)28-2)13-17(18)20(22-23)21(27)24-10-3-4-11-24/h5-7,12H,3-4,8-11,13-14H2,1-2H3. The molecule has 148 valence electrons. The van der Waals surface area contributed by atoms with E-state index < -0.39 is 0 Å². The predicted octanol–water partition coefficient (Wildman–Crippen LogP) is 2.14. The molecule has 7 heteroatoms. The lowest BCUT2D eigenvalue weighted by atomic mass is 10.1. The summed E-state index contributed by atoms with van der Waals surface area (Å²) in [5.41, 5.74) is 3.48. The van der Waals surface area contributed by atoms with Crippen molar-refractivity contribution in [2.45, 2.75) is 38.8 Å². The fourth-order valence-corrected chi connectivity index (χ4v) is 4.05. The van der Waals surface area contributed by atoms with Crippen LogP contribution in [0.25, 0.3) is 0 Å². The van der Waals surface area contributed by atoms with E-state index in [2.05, 4.69) is 5.10 Å². The second-order valence-corrected chi connectivity index (χ2v) is 7.50. The van der Waals surface area contributed by atoms with Gasteiger partial charge in [-0.25, -0.2) is 0 Å². The van der Waals surface area contributed by atoms with E-state index in [-0.39, 0.29) is 11.8 Å². The molecule has 0 atom stereocenters. The molecule has 0 unspecified atom stereocenters. The Hall–Kier alpha value is -2.83. The quantitative estimate of drug-likeness (QED) is 0.795. The highest BCUT2D eigenvalue weighted by molar-refractivity contribution is 5.94. The molecule has 2 aromatic rings. The van der Waals surface area contributed by atoms with Crippen LogP contribution in [0.5, 0.6) is 5.75 Å². The summed E-state index contributed by atoms with van der Waals surface area (Å²) in [5, 5.41) is 4.46. The molecule has 4 rings (SSSR count). The number of fused-ring (bicyclic) bond motifs is 1. The first-order chi connectivity index (χ1) is 13.6. The van der Waals surface area contributed by atoms with Gasteiger partial charge in [0, 0.05) is 32.1 Å². The second-order valence-electron chi connectivity index (χ2n) is 7.50. The maximum Gasteiger partial charge on any atom is 0.274 e. The molecule has 0 bridgehead atoms. The zero-order valence-corrected chi connectivity index (χ0v) is 16.5. The number of aryl methyl sites for hydroxylation is 2. The number of aromatic nitrogens is 2. The number of hydrogen-bond donors (Lipinski definition) is 0. The van der Waals surface area contributed by atoms with Crippen LogP contribution in [0.4, 0.5) is 0 Å². The molecule has 3 heterocycles. The molecule has 1 fully saturated rings. The Morgan fingerprint density at radius 1 is 1.14 bits per heavy atom. The number of rotatable bonds is 5. The third-order valence-electron chi connectivity index (χ3n) is 5.67. The first-order valence-electron chi connectivity index (χ1n) is 9.81. The number of carbonyl (C=O) groups excluding carboxylic acids is 2. The predicted molar refractivity (Wildman–Crippen MR) is 104 cm³/mol. The van der Waals surface area contributed by atoms with Gasteiger partial charge in [-0.05, 0) is 37.0 Å². The third kappa shape index (κ3) is 3.48. The van der Waals surface area contributed by atoms with Crippen LogP contribution in [0.15, 0.2) is 24.3 Å². The lowest BCUT2D eigenvalue weighted by Gasteiger charge is -2.17. The van der Waals surface area contributed by atoms with Gasteiger partial charge in [-0.1, -0.05) is 12.1 Å². The largest absolute Gasteiger partial charge is 0.497 e. The van der Waals surface area contributed by atoms with Crippen molar-refractivity contribution in [2.75, 3.05) is 20.2 Å². The van der Waals surface area contributed by atoms with Crippen LogP contribution in [-0.4, -0.2) is 51.6 Å². The Labute approximate surface area is 164 Å². The van der Waals surface area contributed by atoms with E-state index in [0.29, 0.717) is 31.6 Å². The van der Waals surface area contributed by atoms with Gasteiger partial charge in [0.15, 0.2) is 5.69 Å². The second kappa shape index (κ2) is 7.66. The summed E-state index contributed by atoms with van der Waals surface area (Å²) < 4.78 is 7.00. The van der Waals surface area contributed by atoms with Gasteiger partial charge in [-0.3, -0.25) is 14.3 Å². The Balaban J connectivity index is 1.42. The molecule has 1 aromatic heterocycles. The number of likely N-dealkylation sites (tertiary alicyclic amines) is 1. The van der Waals surface area contributed by atoms with Gasteiger partial charge in [0.1, 0.15) is 5.75 Å². The molecular formula is C21H26N4O3. The summed E-state index contributed by atoms with van der Waals surface area (Å²) in [4.78, 5) is 29.3. The summed E-state index contributed by atoms with van der Waals surface area (Å²) in [6.45, 7) is 2.58. The molecule has 0 aliphatic carbocycles. The molecule has 0 radical (unpaired) electrons. The number of ether oxygens (including phenoxy) is 1. The maximum absolute atomic E-state index is 12.8. The normalized spacial score (nSPS) is 15.8. The van der Waals surface area contributed by atoms with E-state index in [1.54, 1.807) is 11.8 Å². The van der Waals surface area contributed by atoms with Gasteiger partial charge in [0.2, 0.25) is 5.91 Å². The Bertz CT molecular complexity index is 899.